The highest BCUT2D eigenvalue weighted by atomic mass is 79.9. The highest BCUT2D eigenvalue weighted by Crippen LogP contribution is 2.29. The summed E-state index contributed by atoms with van der Waals surface area (Å²) in [6, 6.07) is 8.69. The van der Waals surface area contributed by atoms with Gasteiger partial charge in [-0.05, 0) is 59.6 Å². The molecule has 0 spiro atoms. The molecule has 0 amide bonds. The Balaban J connectivity index is 2.44. The second-order valence-corrected chi connectivity index (χ2v) is 5.45. The zero-order chi connectivity index (χ0) is 14.5. The quantitative estimate of drug-likeness (QED) is 0.902. The van der Waals surface area contributed by atoms with Crippen molar-refractivity contribution in [2.75, 3.05) is 18.0 Å². The van der Waals surface area contributed by atoms with Crippen LogP contribution in [0.5, 0.6) is 0 Å². The molecule has 1 aromatic heterocycles. The van der Waals surface area contributed by atoms with Gasteiger partial charge in [0.2, 0.25) is 0 Å². The van der Waals surface area contributed by atoms with Gasteiger partial charge >= 0.3 is 0 Å². The fraction of sp³-hybridized carbons (Fsp3) is 0.267. The van der Waals surface area contributed by atoms with Crippen molar-refractivity contribution in [2.45, 2.75) is 13.3 Å². The van der Waals surface area contributed by atoms with Crippen LogP contribution < -0.4 is 10.6 Å². The minimum absolute atomic E-state index is 0.256. The Morgan fingerprint density at radius 2 is 2.10 bits per heavy atom. The van der Waals surface area contributed by atoms with E-state index in [1.807, 2.05) is 24.0 Å². The normalized spacial score (nSPS) is 10.6. The van der Waals surface area contributed by atoms with Crippen molar-refractivity contribution in [1.29, 1.82) is 0 Å². The number of nitrogens with zero attached hydrogens (tertiary/aromatic N) is 2. The molecule has 5 heteroatoms. The van der Waals surface area contributed by atoms with Crippen molar-refractivity contribution in [3.8, 4) is 0 Å². The number of hydrogen-bond donors (Lipinski definition) is 1. The highest BCUT2D eigenvalue weighted by Gasteiger charge is 2.16. The predicted molar refractivity (Wildman–Crippen MR) is 83.8 cm³/mol. The molecule has 2 N–H and O–H groups in total. The molecule has 106 valence electrons. The number of anilines is 2. The maximum atomic E-state index is 14.1. The van der Waals surface area contributed by atoms with Crippen molar-refractivity contribution in [2.24, 2.45) is 5.73 Å². The molecule has 0 unspecified atom stereocenters. The van der Waals surface area contributed by atoms with Crippen LogP contribution in [0, 0.1) is 12.7 Å². The van der Waals surface area contributed by atoms with Gasteiger partial charge < -0.3 is 10.6 Å². The number of nitrogens with two attached hydrogens (primary N) is 1. The lowest BCUT2D eigenvalue weighted by atomic mass is 10.2. The predicted octanol–water partition coefficient (Wildman–Crippen LogP) is 3.78. The zero-order valence-electron chi connectivity index (χ0n) is 11.3. The summed E-state index contributed by atoms with van der Waals surface area (Å²) in [5.74, 6) is 0.500. The highest BCUT2D eigenvalue weighted by molar-refractivity contribution is 9.10. The van der Waals surface area contributed by atoms with Crippen LogP contribution >= 0.6 is 15.9 Å². The Labute approximate surface area is 126 Å². The largest absolute Gasteiger partial charge is 0.330 e. The van der Waals surface area contributed by atoms with Gasteiger partial charge in [-0.3, -0.25) is 0 Å². The van der Waals surface area contributed by atoms with Crippen molar-refractivity contribution in [3.63, 3.8) is 0 Å². The average molecular weight is 338 g/mol. The number of para-hydroxylation sites is 1. The molecule has 2 rings (SSSR count). The molecule has 0 fully saturated rings. The summed E-state index contributed by atoms with van der Waals surface area (Å²) in [5.41, 5.74) is 7.10. The summed E-state index contributed by atoms with van der Waals surface area (Å²) in [6.07, 6.45) is 2.49. The van der Waals surface area contributed by atoms with E-state index in [-0.39, 0.29) is 5.82 Å². The first-order valence-corrected chi connectivity index (χ1v) is 7.27. The van der Waals surface area contributed by atoms with Gasteiger partial charge in [0.15, 0.2) is 0 Å². The van der Waals surface area contributed by atoms with Crippen LogP contribution in [-0.2, 0) is 0 Å². The van der Waals surface area contributed by atoms with Crippen molar-refractivity contribution < 1.29 is 4.39 Å². The van der Waals surface area contributed by atoms with Crippen LogP contribution in [0.15, 0.2) is 41.0 Å². The Morgan fingerprint density at radius 1 is 1.35 bits per heavy atom. The van der Waals surface area contributed by atoms with Gasteiger partial charge in [0.1, 0.15) is 11.6 Å². The number of pyridine rings is 1. The van der Waals surface area contributed by atoms with Gasteiger partial charge in [-0.2, -0.15) is 0 Å². The van der Waals surface area contributed by atoms with Gasteiger partial charge in [-0.25, -0.2) is 9.37 Å². The van der Waals surface area contributed by atoms with Crippen molar-refractivity contribution in [3.05, 3.63) is 52.4 Å². The SMILES string of the molecule is Cc1cc(Br)cnc1N(CCCN)c1ccccc1F. The van der Waals surface area contributed by atoms with E-state index in [2.05, 4.69) is 20.9 Å². The van der Waals surface area contributed by atoms with E-state index in [0.717, 1.165) is 22.3 Å². The molecule has 1 aromatic carbocycles. The first-order valence-electron chi connectivity index (χ1n) is 6.47. The van der Waals surface area contributed by atoms with Gasteiger partial charge in [0, 0.05) is 17.2 Å². The lowest BCUT2D eigenvalue weighted by Gasteiger charge is -2.25. The number of benzene rings is 1. The summed E-state index contributed by atoms with van der Waals surface area (Å²) >= 11 is 3.39. The maximum Gasteiger partial charge on any atom is 0.146 e. The minimum Gasteiger partial charge on any atom is -0.330 e. The summed E-state index contributed by atoms with van der Waals surface area (Å²) < 4.78 is 15.0. The second-order valence-electron chi connectivity index (χ2n) is 4.54. The number of rotatable bonds is 5. The van der Waals surface area contributed by atoms with Gasteiger partial charge in [0.25, 0.3) is 0 Å². The number of aromatic nitrogens is 1. The molecule has 0 saturated heterocycles. The fourth-order valence-corrected chi connectivity index (χ4v) is 2.52. The lowest BCUT2D eigenvalue weighted by Crippen LogP contribution is -2.23. The molecule has 20 heavy (non-hydrogen) atoms. The van der Waals surface area contributed by atoms with E-state index in [0.29, 0.717) is 18.8 Å². The van der Waals surface area contributed by atoms with Crippen LogP contribution in [-0.4, -0.2) is 18.1 Å². The third-order valence-corrected chi connectivity index (χ3v) is 3.44. The van der Waals surface area contributed by atoms with Crippen LogP contribution in [0.4, 0.5) is 15.9 Å². The Hall–Kier alpha value is -1.46. The van der Waals surface area contributed by atoms with E-state index in [1.54, 1.807) is 18.3 Å². The topological polar surface area (TPSA) is 42.2 Å². The molecule has 0 saturated carbocycles. The standard InChI is InChI=1S/C15H17BrFN3/c1-11-9-12(16)10-19-15(11)20(8-4-7-18)14-6-3-2-5-13(14)17/h2-3,5-6,9-10H,4,7-8,18H2,1H3. The summed E-state index contributed by atoms with van der Waals surface area (Å²) in [6.45, 7) is 3.15. The molecular weight excluding hydrogens is 321 g/mol. The van der Waals surface area contributed by atoms with Crippen molar-refractivity contribution in [1.82, 2.24) is 4.98 Å². The maximum absolute atomic E-state index is 14.1. The van der Waals surface area contributed by atoms with E-state index in [1.165, 1.54) is 6.07 Å². The Morgan fingerprint density at radius 3 is 2.75 bits per heavy atom. The van der Waals surface area contributed by atoms with Crippen molar-refractivity contribution >= 4 is 27.4 Å². The van der Waals surface area contributed by atoms with Gasteiger partial charge in [0.05, 0.1) is 5.69 Å². The van der Waals surface area contributed by atoms with Gasteiger partial charge in [-0.15, -0.1) is 0 Å². The molecular formula is C15H17BrFN3. The number of halogens is 2. The first-order chi connectivity index (χ1) is 9.63. The van der Waals surface area contributed by atoms with Crippen LogP contribution in [0.2, 0.25) is 0 Å². The van der Waals surface area contributed by atoms with E-state index >= 15 is 0 Å². The fourth-order valence-electron chi connectivity index (χ4n) is 2.08. The summed E-state index contributed by atoms with van der Waals surface area (Å²) in [5, 5.41) is 0. The molecule has 1 heterocycles. The molecule has 0 aliphatic carbocycles. The zero-order valence-corrected chi connectivity index (χ0v) is 12.9. The van der Waals surface area contributed by atoms with Crippen LogP contribution in [0.25, 0.3) is 0 Å². The molecule has 0 radical (unpaired) electrons. The molecule has 3 nitrogen and oxygen atoms in total. The third-order valence-electron chi connectivity index (χ3n) is 3.00. The van der Waals surface area contributed by atoms with Crippen LogP contribution in [0.1, 0.15) is 12.0 Å². The molecule has 0 aliphatic heterocycles. The van der Waals surface area contributed by atoms with Crippen LogP contribution in [0.3, 0.4) is 0 Å². The van der Waals surface area contributed by atoms with E-state index < -0.39 is 0 Å². The Bertz CT molecular complexity index is 589. The monoisotopic (exact) mass is 337 g/mol. The molecule has 0 bridgehead atoms. The number of hydrogen-bond acceptors (Lipinski definition) is 3. The summed E-state index contributed by atoms with van der Waals surface area (Å²) in [4.78, 5) is 6.30. The molecule has 2 aromatic rings. The molecule has 0 atom stereocenters. The third kappa shape index (κ3) is 3.35. The van der Waals surface area contributed by atoms with Gasteiger partial charge in [-0.1, -0.05) is 12.1 Å². The summed E-state index contributed by atoms with van der Waals surface area (Å²) in [7, 11) is 0. The lowest BCUT2D eigenvalue weighted by molar-refractivity contribution is 0.622. The number of aryl methyl sites for hydroxylation is 1. The smallest absolute Gasteiger partial charge is 0.146 e. The molecule has 0 aliphatic rings. The van der Waals surface area contributed by atoms with E-state index in [9.17, 15) is 4.39 Å². The Kier molecular flexibility index (Phi) is 5.09. The first kappa shape index (κ1) is 14.9. The average Bonchev–Trinajstić information content (AvgIpc) is 2.42. The minimum atomic E-state index is -0.256. The van der Waals surface area contributed by atoms with E-state index in [4.69, 9.17) is 5.73 Å². The second kappa shape index (κ2) is 6.81.